The van der Waals surface area contributed by atoms with Crippen LogP contribution in [0.15, 0.2) is 48.7 Å². The molecule has 0 spiro atoms. The fourth-order valence-corrected chi connectivity index (χ4v) is 3.61. The van der Waals surface area contributed by atoms with Crippen LogP contribution in [0.1, 0.15) is 28.4 Å². The number of hydrogen-bond acceptors (Lipinski definition) is 5. The van der Waals surface area contributed by atoms with Crippen molar-refractivity contribution in [2.75, 3.05) is 25.1 Å². The van der Waals surface area contributed by atoms with Crippen LogP contribution in [0.5, 0.6) is 0 Å². The first-order valence-electron chi connectivity index (χ1n) is 9.64. The summed E-state index contributed by atoms with van der Waals surface area (Å²) in [5.74, 6) is -0.184. The van der Waals surface area contributed by atoms with Crippen LogP contribution in [0.2, 0.25) is 5.02 Å². The van der Waals surface area contributed by atoms with Crippen LogP contribution < -0.4 is 10.6 Å². The summed E-state index contributed by atoms with van der Waals surface area (Å²) in [6.45, 7) is 1.04. The van der Waals surface area contributed by atoms with E-state index in [9.17, 15) is 14.3 Å². The molecule has 0 aliphatic carbocycles. The number of benzene rings is 2. The highest BCUT2D eigenvalue weighted by molar-refractivity contribution is 6.30. The third kappa shape index (κ3) is 4.53. The molecule has 0 bridgehead atoms. The van der Waals surface area contributed by atoms with Crippen molar-refractivity contribution in [2.24, 2.45) is 0 Å². The number of aromatic nitrogens is 1. The number of anilines is 1. The number of nitrogens with zero attached hydrogens (tertiary/aromatic N) is 1. The molecule has 30 heavy (non-hydrogen) atoms. The maximum atomic E-state index is 13.4. The molecule has 1 unspecified atom stereocenters. The highest BCUT2D eigenvalue weighted by Gasteiger charge is 2.18. The zero-order chi connectivity index (χ0) is 21.1. The normalized spacial score (nSPS) is 17.1. The van der Waals surface area contributed by atoms with Crippen LogP contribution in [-0.2, 0) is 4.74 Å². The molecule has 1 amide bonds. The van der Waals surface area contributed by atoms with E-state index >= 15 is 0 Å². The lowest BCUT2D eigenvalue weighted by Crippen LogP contribution is -2.30. The van der Waals surface area contributed by atoms with Crippen molar-refractivity contribution in [1.29, 1.82) is 0 Å². The molecular formula is C22H21ClFN3O3. The van der Waals surface area contributed by atoms with Gasteiger partial charge in [0.05, 0.1) is 30.3 Å². The number of carbonyl (C=O) groups is 1. The van der Waals surface area contributed by atoms with E-state index in [1.807, 2.05) is 12.1 Å². The highest BCUT2D eigenvalue weighted by atomic mass is 35.5. The maximum absolute atomic E-state index is 13.4. The van der Waals surface area contributed by atoms with Crippen LogP contribution in [0, 0.1) is 5.82 Å². The molecule has 3 N–H and O–H groups in total. The number of aliphatic hydroxyl groups is 1. The van der Waals surface area contributed by atoms with E-state index in [1.54, 1.807) is 18.3 Å². The van der Waals surface area contributed by atoms with E-state index in [2.05, 4.69) is 15.6 Å². The summed E-state index contributed by atoms with van der Waals surface area (Å²) >= 11 is 5.82. The summed E-state index contributed by atoms with van der Waals surface area (Å²) in [5.41, 5.74) is 0.961. The number of amides is 1. The van der Waals surface area contributed by atoms with Crippen molar-refractivity contribution >= 4 is 34.1 Å². The summed E-state index contributed by atoms with van der Waals surface area (Å²) in [7, 11) is 0. The zero-order valence-corrected chi connectivity index (χ0v) is 16.8. The molecular weight excluding hydrogens is 409 g/mol. The van der Waals surface area contributed by atoms with Crippen molar-refractivity contribution in [3.8, 4) is 0 Å². The topological polar surface area (TPSA) is 83.5 Å². The molecule has 1 fully saturated rings. The quantitative estimate of drug-likeness (QED) is 0.556. The predicted octanol–water partition coefficient (Wildman–Crippen LogP) is 3.69. The highest BCUT2D eigenvalue weighted by Crippen LogP contribution is 2.23. The number of aliphatic hydroxyl groups excluding tert-OH is 1. The number of carbonyl (C=O) groups excluding carboxylic acids is 1. The van der Waals surface area contributed by atoms with E-state index in [0.717, 1.165) is 29.6 Å². The molecule has 2 heterocycles. The molecule has 8 heteroatoms. The molecule has 6 nitrogen and oxygen atoms in total. The van der Waals surface area contributed by atoms with E-state index in [0.29, 0.717) is 17.7 Å². The Bertz CT molecular complexity index is 1070. The Balaban J connectivity index is 1.53. The Hall–Kier alpha value is -2.74. The van der Waals surface area contributed by atoms with E-state index < -0.39 is 11.9 Å². The minimum atomic E-state index is -0.705. The molecule has 4 rings (SSSR count). The molecule has 2 atom stereocenters. The Labute approximate surface area is 178 Å². The molecule has 1 saturated heterocycles. The molecule has 0 saturated carbocycles. The molecule has 1 aliphatic rings. The van der Waals surface area contributed by atoms with Crippen LogP contribution in [-0.4, -0.2) is 41.9 Å². The monoisotopic (exact) mass is 429 g/mol. The molecule has 1 aliphatic heterocycles. The standard InChI is InChI=1S/C22H21ClFN3O3/c23-18-8-13(3-4-19(18)24)20(11-28)27-22(29)14-1-2-15-10-25-21(9-16(15)7-14)26-17-5-6-30-12-17/h1-4,7-10,17,20,28H,5-6,11-12H2,(H,25,26)(H,27,29)/t17?,20-/m1/s1. The third-order valence-corrected chi connectivity index (χ3v) is 5.39. The Morgan fingerprint density at radius 2 is 2.13 bits per heavy atom. The van der Waals surface area contributed by atoms with Gasteiger partial charge in [-0.1, -0.05) is 23.7 Å². The number of hydrogen-bond donors (Lipinski definition) is 3. The Morgan fingerprint density at radius 3 is 2.87 bits per heavy atom. The van der Waals surface area contributed by atoms with Gasteiger partial charge in [0.2, 0.25) is 0 Å². The maximum Gasteiger partial charge on any atom is 0.251 e. The van der Waals surface area contributed by atoms with Gasteiger partial charge in [-0.3, -0.25) is 4.79 Å². The van der Waals surface area contributed by atoms with E-state index in [4.69, 9.17) is 16.3 Å². The molecule has 0 radical (unpaired) electrons. The van der Waals surface area contributed by atoms with Crippen molar-refractivity contribution < 1.29 is 19.0 Å². The predicted molar refractivity (Wildman–Crippen MR) is 113 cm³/mol. The van der Waals surface area contributed by atoms with Crippen molar-refractivity contribution in [3.63, 3.8) is 0 Å². The van der Waals surface area contributed by atoms with Gasteiger partial charge in [-0.2, -0.15) is 0 Å². The lowest BCUT2D eigenvalue weighted by atomic mass is 10.1. The lowest BCUT2D eigenvalue weighted by Gasteiger charge is -2.17. The van der Waals surface area contributed by atoms with Crippen LogP contribution in [0.4, 0.5) is 10.2 Å². The van der Waals surface area contributed by atoms with Crippen LogP contribution >= 0.6 is 11.6 Å². The number of fused-ring (bicyclic) bond motifs is 1. The summed E-state index contributed by atoms with van der Waals surface area (Å²) in [5, 5.41) is 17.5. The first-order valence-corrected chi connectivity index (χ1v) is 10.0. The van der Waals surface area contributed by atoms with Gasteiger partial charge in [0.25, 0.3) is 5.91 Å². The zero-order valence-electron chi connectivity index (χ0n) is 16.1. The minimum Gasteiger partial charge on any atom is -0.394 e. The van der Waals surface area contributed by atoms with Crippen molar-refractivity contribution in [2.45, 2.75) is 18.5 Å². The van der Waals surface area contributed by atoms with Gasteiger partial charge in [-0.25, -0.2) is 9.37 Å². The Kier molecular flexibility index (Phi) is 6.13. The average molecular weight is 430 g/mol. The van der Waals surface area contributed by atoms with Gasteiger partial charge >= 0.3 is 0 Å². The number of pyridine rings is 1. The first kappa shape index (κ1) is 20.5. The number of halogens is 2. The molecule has 156 valence electrons. The number of ether oxygens (including phenoxy) is 1. The first-order chi connectivity index (χ1) is 14.5. The summed E-state index contributed by atoms with van der Waals surface area (Å²) < 4.78 is 18.8. The van der Waals surface area contributed by atoms with Gasteiger partial charge in [-0.15, -0.1) is 0 Å². The minimum absolute atomic E-state index is 0.0638. The lowest BCUT2D eigenvalue weighted by molar-refractivity contribution is 0.0916. The Morgan fingerprint density at radius 1 is 1.27 bits per heavy atom. The number of nitrogens with one attached hydrogen (secondary N) is 2. The van der Waals surface area contributed by atoms with Crippen LogP contribution in [0.25, 0.3) is 10.8 Å². The SMILES string of the molecule is O=C(N[C@H](CO)c1ccc(F)c(Cl)c1)c1ccc2cnc(NC3CCOC3)cc2c1. The molecule has 1 aromatic heterocycles. The smallest absolute Gasteiger partial charge is 0.251 e. The molecule has 3 aromatic rings. The summed E-state index contributed by atoms with van der Waals surface area (Å²) in [6.07, 6.45) is 2.68. The van der Waals surface area contributed by atoms with Gasteiger partial charge in [0.15, 0.2) is 0 Å². The fraction of sp³-hybridized carbons (Fsp3) is 0.273. The summed E-state index contributed by atoms with van der Waals surface area (Å²) in [4.78, 5) is 17.2. The van der Waals surface area contributed by atoms with Crippen molar-refractivity contribution in [3.05, 3.63) is 70.6 Å². The van der Waals surface area contributed by atoms with Crippen LogP contribution in [0.3, 0.4) is 0 Å². The fourth-order valence-electron chi connectivity index (χ4n) is 3.42. The number of rotatable bonds is 6. The second-order valence-electron chi connectivity index (χ2n) is 7.22. The van der Waals surface area contributed by atoms with Crippen molar-refractivity contribution in [1.82, 2.24) is 10.3 Å². The van der Waals surface area contributed by atoms with Gasteiger partial charge in [0.1, 0.15) is 11.6 Å². The largest absolute Gasteiger partial charge is 0.394 e. The second kappa shape index (κ2) is 8.95. The summed E-state index contributed by atoms with van der Waals surface area (Å²) in [6, 6.07) is 10.8. The van der Waals surface area contributed by atoms with E-state index in [1.165, 1.54) is 18.2 Å². The van der Waals surface area contributed by atoms with Gasteiger partial charge in [-0.05, 0) is 47.7 Å². The van der Waals surface area contributed by atoms with Gasteiger partial charge < -0.3 is 20.5 Å². The third-order valence-electron chi connectivity index (χ3n) is 5.10. The average Bonchev–Trinajstić information content (AvgIpc) is 3.26. The second-order valence-corrected chi connectivity index (χ2v) is 7.63. The van der Waals surface area contributed by atoms with E-state index in [-0.39, 0.29) is 23.6 Å². The molecule has 2 aromatic carbocycles. The van der Waals surface area contributed by atoms with Gasteiger partial charge in [0, 0.05) is 23.8 Å².